The van der Waals surface area contributed by atoms with Crippen molar-refractivity contribution in [2.75, 3.05) is 5.32 Å². The molecule has 2 aromatic heterocycles. The van der Waals surface area contributed by atoms with Crippen LogP contribution in [-0.4, -0.2) is 31.0 Å². The molecule has 0 saturated carbocycles. The highest BCUT2D eigenvalue weighted by Crippen LogP contribution is 2.19. The number of amides is 1. The summed E-state index contributed by atoms with van der Waals surface area (Å²) in [4.78, 5) is 24.4. The van der Waals surface area contributed by atoms with E-state index in [0.29, 0.717) is 17.2 Å². The molecule has 0 unspecified atom stereocenters. The highest BCUT2D eigenvalue weighted by Gasteiger charge is 2.18. The second kappa shape index (κ2) is 7.11. The summed E-state index contributed by atoms with van der Waals surface area (Å²) in [6.07, 6.45) is 0.700. The summed E-state index contributed by atoms with van der Waals surface area (Å²) in [6.45, 7) is 1.92. The van der Waals surface area contributed by atoms with E-state index >= 15 is 0 Å². The van der Waals surface area contributed by atoms with Crippen LogP contribution < -0.4 is 10.9 Å². The fourth-order valence-electron chi connectivity index (χ4n) is 1.98. The lowest BCUT2D eigenvalue weighted by Gasteiger charge is -2.08. The molecule has 0 aliphatic carbocycles. The highest BCUT2D eigenvalue weighted by atomic mass is 79.9. The van der Waals surface area contributed by atoms with Gasteiger partial charge in [0.15, 0.2) is 11.4 Å². The Morgan fingerprint density at radius 2 is 2.04 bits per heavy atom. The van der Waals surface area contributed by atoms with Crippen molar-refractivity contribution < 1.29 is 9.90 Å². The van der Waals surface area contributed by atoms with Crippen LogP contribution in [0.1, 0.15) is 22.4 Å². The van der Waals surface area contributed by atoms with Gasteiger partial charge in [-0.1, -0.05) is 34.2 Å². The lowest BCUT2D eigenvalue weighted by Crippen LogP contribution is -2.25. The number of aryl methyl sites for hydroxylation is 1. The number of hydrogen-bond donors (Lipinski definition) is 2. The third kappa shape index (κ3) is 3.74. The Hall–Kier alpha value is -2.59. The van der Waals surface area contributed by atoms with Gasteiger partial charge in [0.25, 0.3) is 11.5 Å². The quantitative estimate of drug-likeness (QED) is 0.668. The third-order valence-corrected chi connectivity index (χ3v) is 4.70. The largest absolute Gasteiger partial charge is 0.505 e. The maximum Gasteiger partial charge on any atom is 0.281 e. The van der Waals surface area contributed by atoms with E-state index in [0.717, 1.165) is 20.2 Å². The number of anilines is 1. The molecule has 3 rings (SSSR count). The van der Waals surface area contributed by atoms with Gasteiger partial charge in [0.1, 0.15) is 5.01 Å². The van der Waals surface area contributed by atoms with Gasteiger partial charge in [0.2, 0.25) is 5.13 Å². The summed E-state index contributed by atoms with van der Waals surface area (Å²) in [5, 5.41) is 25.2. The van der Waals surface area contributed by atoms with Crippen LogP contribution in [0, 0.1) is 0 Å². The third-order valence-electron chi connectivity index (χ3n) is 3.19. The van der Waals surface area contributed by atoms with Crippen molar-refractivity contribution in [1.82, 2.24) is 20.0 Å². The fourth-order valence-corrected chi connectivity index (χ4v) is 2.92. The number of nitrogens with one attached hydrogen (secondary N) is 1. The SMILES string of the molecule is CCc1nnc(NC(=O)c2nn(-c3ccc(Br)cc3)c(=O)cc2O)s1. The van der Waals surface area contributed by atoms with Gasteiger partial charge in [-0.2, -0.15) is 9.78 Å². The molecule has 3 aromatic rings. The highest BCUT2D eigenvalue weighted by molar-refractivity contribution is 9.10. The monoisotopic (exact) mass is 421 g/mol. The molecule has 0 aliphatic rings. The van der Waals surface area contributed by atoms with Crippen molar-refractivity contribution in [3.8, 4) is 11.4 Å². The van der Waals surface area contributed by atoms with Gasteiger partial charge in [-0.15, -0.1) is 10.2 Å². The Bertz CT molecular complexity index is 984. The Kier molecular flexibility index (Phi) is 4.91. The number of aromatic hydroxyl groups is 1. The van der Waals surface area contributed by atoms with Crippen molar-refractivity contribution >= 4 is 38.3 Å². The summed E-state index contributed by atoms with van der Waals surface area (Å²) in [6, 6.07) is 7.75. The van der Waals surface area contributed by atoms with Crippen LogP contribution in [0.5, 0.6) is 5.75 Å². The normalized spacial score (nSPS) is 10.6. The van der Waals surface area contributed by atoms with Crippen molar-refractivity contribution in [3.05, 3.63) is 55.9 Å². The van der Waals surface area contributed by atoms with E-state index in [-0.39, 0.29) is 5.69 Å². The van der Waals surface area contributed by atoms with E-state index in [1.54, 1.807) is 24.3 Å². The molecular weight excluding hydrogens is 410 g/mol. The first-order chi connectivity index (χ1) is 12.0. The molecule has 0 bridgehead atoms. The van der Waals surface area contributed by atoms with Crippen LogP contribution in [0.3, 0.4) is 0 Å². The molecule has 2 N–H and O–H groups in total. The van der Waals surface area contributed by atoms with Gasteiger partial charge in [-0.05, 0) is 30.7 Å². The molecule has 10 heteroatoms. The van der Waals surface area contributed by atoms with Crippen molar-refractivity contribution in [2.24, 2.45) is 0 Å². The number of hydrogen-bond acceptors (Lipinski definition) is 7. The van der Waals surface area contributed by atoms with Gasteiger partial charge in [0, 0.05) is 10.5 Å². The number of rotatable bonds is 4. The molecular formula is C15H12BrN5O3S. The van der Waals surface area contributed by atoms with E-state index in [4.69, 9.17) is 0 Å². The molecule has 0 radical (unpaired) electrons. The number of carbonyl (C=O) groups is 1. The zero-order valence-electron chi connectivity index (χ0n) is 12.9. The molecule has 1 aromatic carbocycles. The molecule has 128 valence electrons. The number of benzene rings is 1. The number of halogens is 1. The summed E-state index contributed by atoms with van der Waals surface area (Å²) in [5.74, 6) is -1.18. The van der Waals surface area contributed by atoms with E-state index in [1.165, 1.54) is 11.3 Å². The molecule has 8 nitrogen and oxygen atoms in total. The minimum absolute atomic E-state index is 0.282. The predicted molar refractivity (Wildman–Crippen MR) is 96.4 cm³/mol. The Balaban J connectivity index is 1.95. The molecule has 0 spiro atoms. The number of aromatic nitrogens is 4. The molecule has 0 fully saturated rings. The summed E-state index contributed by atoms with van der Waals surface area (Å²) in [5.41, 5.74) is -0.372. The van der Waals surface area contributed by atoms with E-state index < -0.39 is 17.2 Å². The first-order valence-corrected chi connectivity index (χ1v) is 8.82. The van der Waals surface area contributed by atoms with Crippen LogP contribution in [0.25, 0.3) is 5.69 Å². The fraction of sp³-hybridized carbons (Fsp3) is 0.133. The van der Waals surface area contributed by atoms with E-state index in [1.807, 2.05) is 6.92 Å². The molecule has 0 aliphatic heterocycles. The second-order valence-corrected chi connectivity index (χ2v) is 6.89. The lowest BCUT2D eigenvalue weighted by atomic mass is 10.3. The van der Waals surface area contributed by atoms with Crippen LogP contribution in [0.15, 0.2) is 39.6 Å². The minimum atomic E-state index is -0.679. The Labute approximate surface area is 154 Å². The van der Waals surface area contributed by atoms with Crippen LogP contribution in [0.4, 0.5) is 5.13 Å². The zero-order valence-corrected chi connectivity index (χ0v) is 15.3. The molecule has 2 heterocycles. The van der Waals surface area contributed by atoms with Gasteiger partial charge in [-0.3, -0.25) is 14.9 Å². The summed E-state index contributed by atoms with van der Waals surface area (Å²) in [7, 11) is 0. The van der Waals surface area contributed by atoms with Crippen LogP contribution in [0.2, 0.25) is 0 Å². The average Bonchev–Trinajstić information content (AvgIpc) is 3.03. The number of nitrogens with zero attached hydrogens (tertiary/aromatic N) is 4. The smallest absolute Gasteiger partial charge is 0.281 e. The first kappa shape index (κ1) is 17.2. The van der Waals surface area contributed by atoms with Crippen LogP contribution >= 0.6 is 27.3 Å². The van der Waals surface area contributed by atoms with Gasteiger partial charge < -0.3 is 5.11 Å². The van der Waals surface area contributed by atoms with Crippen molar-refractivity contribution in [3.63, 3.8) is 0 Å². The van der Waals surface area contributed by atoms with Crippen molar-refractivity contribution in [1.29, 1.82) is 0 Å². The van der Waals surface area contributed by atoms with Gasteiger partial charge in [-0.25, -0.2) is 0 Å². The van der Waals surface area contributed by atoms with E-state index in [9.17, 15) is 14.7 Å². The maximum absolute atomic E-state index is 12.4. The van der Waals surface area contributed by atoms with Gasteiger partial charge >= 0.3 is 0 Å². The predicted octanol–water partition coefficient (Wildman–Crippen LogP) is 2.37. The van der Waals surface area contributed by atoms with Crippen molar-refractivity contribution in [2.45, 2.75) is 13.3 Å². The molecule has 1 amide bonds. The molecule has 0 atom stereocenters. The lowest BCUT2D eigenvalue weighted by molar-refractivity contribution is 0.101. The summed E-state index contributed by atoms with van der Waals surface area (Å²) >= 11 is 4.54. The van der Waals surface area contributed by atoms with Crippen LogP contribution in [-0.2, 0) is 6.42 Å². The standard InChI is InChI=1S/C15H12BrN5O3S/c1-2-11-18-19-15(25-11)17-14(24)13-10(22)7-12(23)21(20-13)9-5-3-8(16)4-6-9/h3-7,22H,2H2,1H3,(H,17,19,24). The van der Waals surface area contributed by atoms with E-state index in [2.05, 4.69) is 36.5 Å². The topological polar surface area (TPSA) is 110 Å². The van der Waals surface area contributed by atoms with Gasteiger partial charge in [0.05, 0.1) is 5.69 Å². The second-order valence-electron chi connectivity index (χ2n) is 4.91. The Morgan fingerprint density at radius 1 is 1.32 bits per heavy atom. The minimum Gasteiger partial charge on any atom is -0.505 e. The zero-order chi connectivity index (χ0) is 18.0. The summed E-state index contributed by atoms with van der Waals surface area (Å²) < 4.78 is 1.88. The average molecular weight is 422 g/mol. The number of carbonyl (C=O) groups excluding carboxylic acids is 1. The Morgan fingerprint density at radius 3 is 2.68 bits per heavy atom. The molecule has 25 heavy (non-hydrogen) atoms. The maximum atomic E-state index is 12.4. The first-order valence-electron chi connectivity index (χ1n) is 7.21. The molecule has 0 saturated heterocycles.